The molecule has 0 aliphatic heterocycles. The van der Waals surface area contributed by atoms with Gasteiger partial charge in [-0.3, -0.25) is 0 Å². The quantitative estimate of drug-likeness (QED) is 0.401. The van der Waals surface area contributed by atoms with Crippen LogP contribution in [0.2, 0.25) is 0 Å². The number of rotatable bonds is 5. The zero-order valence-corrected chi connectivity index (χ0v) is 14.0. The van der Waals surface area contributed by atoms with Gasteiger partial charge in [0.25, 0.3) is 0 Å². The van der Waals surface area contributed by atoms with Crippen LogP contribution in [-0.4, -0.2) is 17.1 Å². The number of nitriles is 1. The molecule has 0 bridgehead atoms. The molecule has 0 radical (unpaired) electrons. The second kappa shape index (κ2) is 7.50. The van der Waals surface area contributed by atoms with Gasteiger partial charge in [-0.1, -0.05) is 36.4 Å². The zero-order chi connectivity index (χ0) is 17.6. The second-order valence-electron chi connectivity index (χ2n) is 5.63. The van der Waals surface area contributed by atoms with Gasteiger partial charge in [0.2, 0.25) is 0 Å². The monoisotopic (exact) mass is 330 g/mol. The third-order valence-electron chi connectivity index (χ3n) is 3.94. The van der Waals surface area contributed by atoms with E-state index in [-0.39, 0.29) is 12.2 Å². The summed E-state index contributed by atoms with van der Waals surface area (Å²) >= 11 is 0. The summed E-state index contributed by atoms with van der Waals surface area (Å²) in [6.07, 6.45) is 3.50. The van der Waals surface area contributed by atoms with Gasteiger partial charge in [-0.2, -0.15) is 5.26 Å². The van der Waals surface area contributed by atoms with Gasteiger partial charge < -0.3 is 9.30 Å². The van der Waals surface area contributed by atoms with E-state index in [0.29, 0.717) is 6.54 Å². The van der Waals surface area contributed by atoms with Crippen molar-refractivity contribution in [2.24, 2.45) is 0 Å². The first kappa shape index (κ1) is 16.5. The van der Waals surface area contributed by atoms with Crippen LogP contribution in [0.5, 0.6) is 0 Å². The average molecular weight is 330 g/mol. The van der Waals surface area contributed by atoms with E-state index in [9.17, 15) is 10.1 Å². The summed E-state index contributed by atoms with van der Waals surface area (Å²) < 4.78 is 6.91. The molecule has 25 heavy (non-hydrogen) atoms. The molecule has 124 valence electrons. The maximum Gasteiger partial charge on any atom is 0.348 e. The number of benzene rings is 2. The molecule has 3 rings (SSSR count). The molecule has 0 spiro atoms. The van der Waals surface area contributed by atoms with Crippen LogP contribution in [0.25, 0.3) is 16.8 Å². The molecule has 4 heteroatoms. The van der Waals surface area contributed by atoms with Gasteiger partial charge >= 0.3 is 5.97 Å². The van der Waals surface area contributed by atoms with Crippen LogP contribution in [0, 0.1) is 11.3 Å². The maximum absolute atomic E-state index is 11.8. The summed E-state index contributed by atoms with van der Waals surface area (Å²) in [6.45, 7) is 2.62. The highest BCUT2D eigenvalue weighted by atomic mass is 16.5. The number of hydrogen-bond acceptors (Lipinski definition) is 3. The minimum atomic E-state index is -0.594. The lowest BCUT2D eigenvalue weighted by atomic mass is 10.1. The lowest BCUT2D eigenvalue weighted by Crippen LogP contribution is -2.07. The van der Waals surface area contributed by atoms with Crippen molar-refractivity contribution in [3.63, 3.8) is 0 Å². The van der Waals surface area contributed by atoms with Crippen molar-refractivity contribution >= 4 is 22.8 Å². The Hall–Kier alpha value is -3.32. The molecule has 0 aliphatic carbocycles. The fourth-order valence-corrected chi connectivity index (χ4v) is 2.73. The van der Waals surface area contributed by atoms with E-state index in [1.807, 2.05) is 41.1 Å². The standard InChI is InChI=1S/C21H18N2O2/c1-2-25-21(24)19(14-22)13-20-8-5-11-23(20)15-16-9-10-17-6-3-4-7-18(17)12-16/h3-13H,2,15H2,1H3/b19-13+. The molecule has 2 aromatic carbocycles. The van der Waals surface area contributed by atoms with Crippen molar-refractivity contribution in [2.75, 3.05) is 6.61 Å². The molecule has 0 amide bonds. The number of esters is 1. The minimum absolute atomic E-state index is 0.000288. The minimum Gasteiger partial charge on any atom is -0.462 e. The number of fused-ring (bicyclic) bond motifs is 1. The van der Waals surface area contributed by atoms with E-state index in [4.69, 9.17) is 4.74 Å². The molecule has 0 saturated carbocycles. The molecule has 4 nitrogen and oxygen atoms in total. The van der Waals surface area contributed by atoms with Crippen molar-refractivity contribution < 1.29 is 9.53 Å². The Morgan fingerprint density at radius 1 is 1.16 bits per heavy atom. The Morgan fingerprint density at radius 2 is 1.96 bits per heavy atom. The Balaban J connectivity index is 1.88. The molecular weight excluding hydrogens is 312 g/mol. The van der Waals surface area contributed by atoms with Gasteiger partial charge in [0.15, 0.2) is 0 Å². The van der Waals surface area contributed by atoms with E-state index in [0.717, 1.165) is 11.3 Å². The molecular formula is C21H18N2O2. The second-order valence-corrected chi connectivity index (χ2v) is 5.63. The lowest BCUT2D eigenvalue weighted by Gasteiger charge is -2.08. The van der Waals surface area contributed by atoms with Crippen LogP contribution in [0.1, 0.15) is 18.2 Å². The number of ether oxygens (including phenoxy) is 1. The van der Waals surface area contributed by atoms with E-state index in [1.165, 1.54) is 10.8 Å². The summed E-state index contributed by atoms with van der Waals surface area (Å²) in [5, 5.41) is 11.6. The van der Waals surface area contributed by atoms with Crippen molar-refractivity contribution in [2.45, 2.75) is 13.5 Å². The first-order chi connectivity index (χ1) is 12.2. The van der Waals surface area contributed by atoms with Crippen LogP contribution >= 0.6 is 0 Å². The van der Waals surface area contributed by atoms with Gasteiger partial charge in [0.05, 0.1) is 6.61 Å². The molecule has 0 N–H and O–H groups in total. The van der Waals surface area contributed by atoms with E-state index in [1.54, 1.807) is 13.0 Å². The van der Waals surface area contributed by atoms with E-state index < -0.39 is 5.97 Å². The predicted molar refractivity (Wildman–Crippen MR) is 97.7 cm³/mol. The fourth-order valence-electron chi connectivity index (χ4n) is 2.73. The molecule has 0 fully saturated rings. The van der Waals surface area contributed by atoms with Crippen molar-refractivity contribution in [3.8, 4) is 6.07 Å². The highest BCUT2D eigenvalue weighted by Crippen LogP contribution is 2.18. The molecule has 0 saturated heterocycles. The first-order valence-corrected chi connectivity index (χ1v) is 8.13. The predicted octanol–water partition coefficient (Wildman–Crippen LogP) is 4.16. The van der Waals surface area contributed by atoms with Gasteiger partial charge in [0, 0.05) is 18.4 Å². The number of aromatic nitrogens is 1. The van der Waals surface area contributed by atoms with Gasteiger partial charge in [-0.05, 0) is 47.5 Å². The number of carbonyl (C=O) groups excluding carboxylic acids is 1. The van der Waals surface area contributed by atoms with Crippen LogP contribution in [0.4, 0.5) is 0 Å². The van der Waals surface area contributed by atoms with Crippen LogP contribution in [0.3, 0.4) is 0 Å². The lowest BCUT2D eigenvalue weighted by molar-refractivity contribution is -0.137. The molecule has 1 aromatic heterocycles. The van der Waals surface area contributed by atoms with E-state index in [2.05, 4.69) is 30.3 Å². The zero-order valence-electron chi connectivity index (χ0n) is 14.0. The first-order valence-electron chi connectivity index (χ1n) is 8.13. The van der Waals surface area contributed by atoms with Gasteiger partial charge in [0.1, 0.15) is 11.6 Å². The van der Waals surface area contributed by atoms with Gasteiger partial charge in [-0.25, -0.2) is 4.79 Å². The smallest absolute Gasteiger partial charge is 0.348 e. The maximum atomic E-state index is 11.8. The SMILES string of the molecule is CCOC(=O)/C(C#N)=C/c1cccn1Cc1ccc2ccccc2c1. The number of carbonyl (C=O) groups is 1. The third-order valence-corrected chi connectivity index (χ3v) is 3.94. The Bertz CT molecular complexity index is 977. The number of nitrogens with zero attached hydrogens (tertiary/aromatic N) is 2. The largest absolute Gasteiger partial charge is 0.462 e. The Labute approximate surface area is 146 Å². The highest BCUT2D eigenvalue weighted by molar-refractivity contribution is 5.97. The van der Waals surface area contributed by atoms with Crippen LogP contribution < -0.4 is 0 Å². The summed E-state index contributed by atoms with van der Waals surface area (Å²) in [6, 6.07) is 20.2. The Morgan fingerprint density at radius 3 is 2.72 bits per heavy atom. The molecule has 1 heterocycles. The summed E-state index contributed by atoms with van der Waals surface area (Å²) in [5.74, 6) is -0.594. The van der Waals surface area contributed by atoms with Crippen molar-refractivity contribution in [1.82, 2.24) is 4.57 Å². The molecule has 3 aromatic rings. The van der Waals surface area contributed by atoms with Crippen molar-refractivity contribution in [3.05, 3.63) is 77.6 Å². The average Bonchev–Trinajstić information content (AvgIpc) is 3.06. The molecule has 0 atom stereocenters. The summed E-state index contributed by atoms with van der Waals surface area (Å²) in [7, 11) is 0. The third kappa shape index (κ3) is 3.78. The highest BCUT2D eigenvalue weighted by Gasteiger charge is 2.11. The number of hydrogen-bond donors (Lipinski definition) is 0. The topological polar surface area (TPSA) is 55.0 Å². The van der Waals surface area contributed by atoms with Crippen LogP contribution in [-0.2, 0) is 16.1 Å². The molecule has 0 aliphatic rings. The molecule has 0 unspecified atom stereocenters. The summed E-state index contributed by atoms with van der Waals surface area (Å²) in [5.41, 5.74) is 1.94. The van der Waals surface area contributed by atoms with Crippen molar-refractivity contribution in [1.29, 1.82) is 5.26 Å². The van der Waals surface area contributed by atoms with E-state index >= 15 is 0 Å². The fraction of sp³-hybridized carbons (Fsp3) is 0.143. The normalized spacial score (nSPS) is 11.3. The van der Waals surface area contributed by atoms with Crippen LogP contribution in [0.15, 0.2) is 66.4 Å². The summed E-state index contributed by atoms with van der Waals surface area (Å²) in [4.78, 5) is 11.8. The Kier molecular flexibility index (Phi) is 4.96. The van der Waals surface area contributed by atoms with Gasteiger partial charge in [-0.15, -0.1) is 0 Å².